The minimum absolute atomic E-state index is 0.219. The molecule has 0 bridgehead atoms. The molecule has 1 aromatic carbocycles. The predicted octanol–water partition coefficient (Wildman–Crippen LogP) is 3.07. The second-order valence-electron chi connectivity index (χ2n) is 4.37. The molecule has 0 fully saturated rings. The first-order valence-corrected chi connectivity index (χ1v) is 7.27. The molecule has 21 heavy (non-hydrogen) atoms. The van der Waals surface area contributed by atoms with Crippen molar-refractivity contribution in [2.24, 2.45) is 0 Å². The number of aryl methyl sites for hydroxylation is 1. The van der Waals surface area contributed by atoms with Crippen LogP contribution in [0.5, 0.6) is 0 Å². The van der Waals surface area contributed by atoms with Crippen molar-refractivity contribution in [3.8, 4) is 0 Å². The van der Waals surface area contributed by atoms with E-state index in [9.17, 15) is 9.59 Å². The third-order valence-electron chi connectivity index (χ3n) is 2.83. The number of hydrogen-bond acceptors (Lipinski definition) is 5. The first-order valence-electron chi connectivity index (χ1n) is 6.45. The molecule has 1 heterocycles. The molecule has 1 aromatic heterocycles. The number of nitrogen functional groups attached to an aromatic ring is 1. The van der Waals surface area contributed by atoms with Gasteiger partial charge in [-0.25, -0.2) is 4.79 Å². The predicted molar refractivity (Wildman–Crippen MR) is 83.8 cm³/mol. The van der Waals surface area contributed by atoms with Crippen LogP contribution in [-0.2, 0) is 4.74 Å². The van der Waals surface area contributed by atoms with Crippen LogP contribution in [0.3, 0.4) is 0 Å². The Hall–Kier alpha value is -2.34. The van der Waals surface area contributed by atoms with E-state index in [2.05, 4.69) is 5.32 Å². The number of nitrogens with two attached hydrogens (primary N) is 1. The zero-order chi connectivity index (χ0) is 15.4. The van der Waals surface area contributed by atoms with Gasteiger partial charge in [-0.05, 0) is 44.2 Å². The van der Waals surface area contributed by atoms with Crippen LogP contribution in [0, 0.1) is 6.92 Å². The zero-order valence-electron chi connectivity index (χ0n) is 11.8. The second-order valence-corrected chi connectivity index (χ2v) is 5.63. The van der Waals surface area contributed by atoms with Crippen molar-refractivity contribution in [3.05, 3.63) is 45.6 Å². The molecule has 6 heteroatoms. The molecule has 0 aliphatic heterocycles. The van der Waals surface area contributed by atoms with Gasteiger partial charge >= 0.3 is 5.97 Å². The van der Waals surface area contributed by atoms with Gasteiger partial charge in [0.2, 0.25) is 0 Å². The van der Waals surface area contributed by atoms with Crippen molar-refractivity contribution in [1.82, 2.24) is 0 Å². The minimum Gasteiger partial charge on any atom is -0.462 e. The highest BCUT2D eigenvalue weighted by Crippen LogP contribution is 2.24. The van der Waals surface area contributed by atoms with Crippen LogP contribution in [-0.4, -0.2) is 18.5 Å². The Morgan fingerprint density at radius 3 is 2.48 bits per heavy atom. The van der Waals surface area contributed by atoms with Gasteiger partial charge in [-0.1, -0.05) is 0 Å². The van der Waals surface area contributed by atoms with E-state index < -0.39 is 0 Å². The Morgan fingerprint density at radius 1 is 1.29 bits per heavy atom. The first kappa shape index (κ1) is 15.1. The number of hydrogen-bond donors (Lipinski definition) is 2. The molecule has 0 saturated carbocycles. The van der Waals surface area contributed by atoms with Gasteiger partial charge in [0, 0.05) is 16.3 Å². The summed E-state index contributed by atoms with van der Waals surface area (Å²) in [6, 6.07) is 8.20. The Balaban J connectivity index is 2.06. The molecule has 2 rings (SSSR count). The Bertz CT molecular complexity index is 643. The molecule has 2 aromatic rings. The Kier molecular flexibility index (Phi) is 4.59. The van der Waals surface area contributed by atoms with E-state index in [-0.39, 0.29) is 11.9 Å². The summed E-state index contributed by atoms with van der Waals surface area (Å²) in [5.74, 6) is -0.597. The normalized spacial score (nSPS) is 10.2. The molecule has 1 amide bonds. The van der Waals surface area contributed by atoms with Crippen LogP contribution in [0.25, 0.3) is 0 Å². The smallest absolute Gasteiger partial charge is 0.338 e. The molecule has 0 spiro atoms. The number of rotatable bonds is 4. The van der Waals surface area contributed by atoms with Gasteiger partial charge in [0.25, 0.3) is 5.91 Å². The number of anilines is 2. The summed E-state index contributed by atoms with van der Waals surface area (Å²) >= 11 is 1.35. The van der Waals surface area contributed by atoms with Gasteiger partial charge in [0.1, 0.15) is 0 Å². The average Bonchev–Trinajstić information content (AvgIpc) is 2.80. The molecule has 0 saturated heterocycles. The van der Waals surface area contributed by atoms with Gasteiger partial charge < -0.3 is 15.8 Å². The number of esters is 1. The van der Waals surface area contributed by atoms with Gasteiger partial charge in [0.15, 0.2) is 0 Å². The SMILES string of the molecule is CCOC(=O)c1ccc(NC(=O)c2cc(N)c(C)s2)cc1. The zero-order valence-corrected chi connectivity index (χ0v) is 12.6. The molecule has 0 aliphatic carbocycles. The van der Waals surface area contributed by atoms with Crippen molar-refractivity contribution < 1.29 is 14.3 Å². The van der Waals surface area contributed by atoms with E-state index in [0.29, 0.717) is 28.4 Å². The molecule has 0 aliphatic rings. The van der Waals surface area contributed by atoms with E-state index in [4.69, 9.17) is 10.5 Å². The molecule has 3 N–H and O–H groups in total. The summed E-state index contributed by atoms with van der Waals surface area (Å²) in [4.78, 5) is 25.0. The summed E-state index contributed by atoms with van der Waals surface area (Å²) in [6.07, 6.45) is 0. The maximum atomic E-state index is 12.1. The minimum atomic E-state index is -0.378. The van der Waals surface area contributed by atoms with Crippen LogP contribution in [0.15, 0.2) is 30.3 Å². The van der Waals surface area contributed by atoms with Crippen molar-refractivity contribution >= 4 is 34.6 Å². The number of benzene rings is 1. The molecule has 110 valence electrons. The van der Waals surface area contributed by atoms with Gasteiger partial charge in [-0.3, -0.25) is 4.79 Å². The fourth-order valence-electron chi connectivity index (χ4n) is 1.70. The maximum absolute atomic E-state index is 12.1. The van der Waals surface area contributed by atoms with Crippen LogP contribution in [0.2, 0.25) is 0 Å². The number of thiophene rings is 1. The van der Waals surface area contributed by atoms with E-state index in [1.165, 1.54) is 11.3 Å². The number of carbonyl (C=O) groups is 2. The lowest BCUT2D eigenvalue weighted by Gasteiger charge is -2.05. The molecule has 5 nitrogen and oxygen atoms in total. The highest BCUT2D eigenvalue weighted by atomic mass is 32.1. The molecular formula is C15H16N2O3S. The first-order chi connectivity index (χ1) is 10.0. The molecule has 0 radical (unpaired) electrons. The Labute approximate surface area is 126 Å². The standard InChI is InChI=1S/C15H16N2O3S/c1-3-20-15(19)10-4-6-11(7-5-10)17-14(18)13-8-12(16)9(2)21-13/h4-8H,3,16H2,1-2H3,(H,17,18). The second kappa shape index (κ2) is 6.41. The molecule has 0 atom stereocenters. The van der Waals surface area contributed by atoms with Crippen LogP contribution >= 0.6 is 11.3 Å². The van der Waals surface area contributed by atoms with Crippen molar-refractivity contribution in [1.29, 1.82) is 0 Å². The van der Waals surface area contributed by atoms with Gasteiger partial charge in [-0.2, -0.15) is 0 Å². The maximum Gasteiger partial charge on any atom is 0.338 e. The Morgan fingerprint density at radius 2 is 1.95 bits per heavy atom. The molecular weight excluding hydrogens is 288 g/mol. The monoisotopic (exact) mass is 304 g/mol. The van der Waals surface area contributed by atoms with Crippen molar-refractivity contribution in [3.63, 3.8) is 0 Å². The summed E-state index contributed by atoms with van der Waals surface area (Å²) < 4.78 is 4.90. The topological polar surface area (TPSA) is 81.4 Å². The summed E-state index contributed by atoms with van der Waals surface area (Å²) in [5.41, 5.74) is 7.41. The van der Waals surface area contributed by atoms with Crippen LogP contribution in [0.4, 0.5) is 11.4 Å². The van der Waals surface area contributed by atoms with Crippen molar-refractivity contribution in [2.75, 3.05) is 17.7 Å². The quantitative estimate of drug-likeness (QED) is 0.851. The third kappa shape index (κ3) is 3.61. The molecule has 0 unspecified atom stereocenters. The van der Waals surface area contributed by atoms with Gasteiger partial charge in [0.05, 0.1) is 17.0 Å². The number of amides is 1. The summed E-state index contributed by atoms with van der Waals surface area (Å²) in [5, 5.41) is 2.76. The van der Waals surface area contributed by atoms with E-state index in [1.54, 1.807) is 37.3 Å². The lowest BCUT2D eigenvalue weighted by atomic mass is 10.2. The fraction of sp³-hybridized carbons (Fsp3) is 0.200. The fourth-order valence-corrected chi connectivity index (χ4v) is 2.54. The van der Waals surface area contributed by atoms with E-state index in [0.717, 1.165) is 4.88 Å². The van der Waals surface area contributed by atoms with Crippen LogP contribution < -0.4 is 11.1 Å². The largest absolute Gasteiger partial charge is 0.462 e. The number of nitrogens with one attached hydrogen (secondary N) is 1. The van der Waals surface area contributed by atoms with Crippen molar-refractivity contribution in [2.45, 2.75) is 13.8 Å². The highest BCUT2D eigenvalue weighted by molar-refractivity contribution is 7.14. The average molecular weight is 304 g/mol. The number of carbonyl (C=O) groups excluding carboxylic acids is 2. The lowest BCUT2D eigenvalue weighted by Crippen LogP contribution is -2.10. The summed E-state index contributed by atoms with van der Waals surface area (Å²) in [7, 11) is 0. The van der Waals surface area contributed by atoms with E-state index >= 15 is 0 Å². The van der Waals surface area contributed by atoms with Gasteiger partial charge in [-0.15, -0.1) is 11.3 Å². The van der Waals surface area contributed by atoms with E-state index in [1.807, 2.05) is 6.92 Å². The lowest BCUT2D eigenvalue weighted by molar-refractivity contribution is 0.0526. The summed E-state index contributed by atoms with van der Waals surface area (Å²) in [6.45, 7) is 3.95. The highest BCUT2D eigenvalue weighted by Gasteiger charge is 2.12. The van der Waals surface area contributed by atoms with Crippen LogP contribution in [0.1, 0.15) is 31.8 Å². The number of ether oxygens (including phenoxy) is 1. The third-order valence-corrected chi connectivity index (χ3v) is 3.90.